The molecule has 1 aromatic carbocycles. The topological polar surface area (TPSA) is 79.6 Å². The van der Waals surface area contributed by atoms with Crippen LogP contribution in [0, 0.1) is 15.9 Å². The quantitative estimate of drug-likeness (QED) is 0.409. The number of aromatic nitrogens is 1. The summed E-state index contributed by atoms with van der Waals surface area (Å²) >= 11 is 3.38. The van der Waals surface area contributed by atoms with Gasteiger partial charge in [0.1, 0.15) is 17.8 Å². The van der Waals surface area contributed by atoms with Gasteiger partial charge in [0.15, 0.2) is 0 Å². The van der Waals surface area contributed by atoms with Gasteiger partial charge in [0.25, 0.3) is 5.69 Å². The van der Waals surface area contributed by atoms with Crippen LogP contribution in [0.15, 0.2) is 42.6 Å². The van der Waals surface area contributed by atoms with Gasteiger partial charge in [0, 0.05) is 32.2 Å². The first kappa shape index (κ1) is 19.2. The van der Waals surface area contributed by atoms with Gasteiger partial charge < -0.3 is 9.80 Å². The lowest BCUT2D eigenvalue weighted by Gasteiger charge is -2.36. The number of alkyl halides is 1. The molecule has 1 aromatic heterocycles. The number of benzene rings is 1. The Bertz CT molecular complexity index is 826. The predicted molar refractivity (Wildman–Crippen MR) is 103 cm³/mol. The van der Waals surface area contributed by atoms with E-state index < -0.39 is 9.75 Å². The number of amides is 1. The molecule has 142 valence electrons. The molecule has 1 fully saturated rings. The zero-order chi connectivity index (χ0) is 19.4. The van der Waals surface area contributed by atoms with Crippen molar-refractivity contribution in [3.63, 3.8) is 0 Å². The molecule has 1 unspecified atom stereocenters. The lowest BCUT2D eigenvalue weighted by atomic mass is 10.1. The molecule has 0 radical (unpaired) electrons. The average Bonchev–Trinajstić information content (AvgIpc) is 2.69. The molecule has 1 amide bonds. The molecule has 1 aliphatic heterocycles. The molecule has 27 heavy (non-hydrogen) atoms. The lowest BCUT2D eigenvalue weighted by molar-refractivity contribution is -0.385. The maximum Gasteiger partial charge on any atom is 0.287 e. The van der Waals surface area contributed by atoms with Crippen molar-refractivity contribution in [3.05, 3.63) is 64.1 Å². The van der Waals surface area contributed by atoms with Gasteiger partial charge in [0.05, 0.1) is 9.75 Å². The van der Waals surface area contributed by atoms with Crippen LogP contribution in [0.4, 0.5) is 15.9 Å². The van der Waals surface area contributed by atoms with E-state index in [0.29, 0.717) is 37.6 Å². The number of nitro groups is 1. The third kappa shape index (κ3) is 4.60. The first-order valence-electron chi connectivity index (χ1n) is 8.47. The molecule has 7 nitrogen and oxygen atoms in total. The van der Waals surface area contributed by atoms with E-state index in [1.54, 1.807) is 29.2 Å². The van der Waals surface area contributed by atoms with Crippen LogP contribution in [-0.4, -0.2) is 51.7 Å². The summed E-state index contributed by atoms with van der Waals surface area (Å²) in [4.78, 5) is 30.2. The van der Waals surface area contributed by atoms with Crippen LogP contribution in [0.3, 0.4) is 0 Å². The summed E-state index contributed by atoms with van der Waals surface area (Å²) in [5.41, 5.74) is 0.448. The Labute approximate surface area is 164 Å². The van der Waals surface area contributed by atoms with E-state index in [9.17, 15) is 19.3 Å². The molecular formula is C18H18BrFN4O3. The van der Waals surface area contributed by atoms with Crippen molar-refractivity contribution in [2.24, 2.45) is 0 Å². The van der Waals surface area contributed by atoms with Crippen LogP contribution in [0.1, 0.15) is 5.56 Å². The monoisotopic (exact) mass is 436 g/mol. The van der Waals surface area contributed by atoms with Crippen molar-refractivity contribution < 1.29 is 14.1 Å². The number of piperazine rings is 1. The van der Waals surface area contributed by atoms with Crippen LogP contribution >= 0.6 is 15.9 Å². The number of hydrogen-bond acceptors (Lipinski definition) is 5. The number of nitrogens with zero attached hydrogens (tertiary/aromatic N) is 4. The van der Waals surface area contributed by atoms with Crippen molar-refractivity contribution in [1.82, 2.24) is 9.88 Å². The van der Waals surface area contributed by atoms with E-state index in [0.717, 1.165) is 0 Å². The summed E-state index contributed by atoms with van der Waals surface area (Å²) in [5.74, 6) is 0.257. The number of carbonyl (C=O) groups is 1. The van der Waals surface area contributed by atoms with Crippen LogP contribution < -0.4 is 4.90 Å². The fraction of sp³-hybridized carbons (Fsp3) is 0.333. The van der Waals surface area contributed by atoms with Gasteiger partial charge in [-0.15, -0.1) is 0 Å². The number of anilines is 1. The third-order valence-electron chi connectivity index (χ3n) is 4.48. The van der Waals surface area contributed by atoms with E-state index in [4.69, 9.17) is 0 Å². The minimum absolute atomic E-state index is 0.0529. The summed E-state index contributed by atoms with van der Waals surface area (Å²) in [6.07, 6.45) is 1.52. The number of pyridine rings is 1. The van der Waals surface area contributed by atoms with Gasteiger partial charge in [-0.05, 0) is 24.1 Å². The summed E-state index contributed by atoms with van der Waals surface area (Å²) in [6.45, 7) is 2.18. The minimum Gasteiger partial charge on any atom is -0.353 e. The highest BCUT2D eigenvalue weighted by Gasteiger charge is 2.27. The Kier molecular flexibility index (Phi) is 6.00. The van der Waals surface area contributed by atoms with Crippen molar-refractivity contribution in [2.75, 3.05) is 31.1 Å². The molecule has 9 heteroatoms. The standard InChI is InChI=1S/C18H18BrFN4O3/c19-15(11-13-3-1-2-4-16(13)20)18(25)23-9-7-22(8-10-23)17-6-5-14(12-21-17)24(26)27/h1-6,12,15H,7-11H2. The number of carbonyl (C=O) groups excluding carboxylic acids is 1. The molecule has 2 heterocycles. The molecular weight excluding hydrogens is 419 g/mol. The van der Waals surface area contributed by atoms with Crippen LogP contribution in [0.5, 0.6) is 0 Å². The SMILES string of the molecule is O=C(C(Br)Cc1ccccc1F)N1CCN(c2ccc([N+](=O)[O-])cn2)CC1. The maximum atomic E-state index is 13.8. The van der Waals surface area contributed by atoms with Gasteiger partial charge in [0.2, 0.25) is 5.91 Å². The molecule has 1 aliphatic rings. The summed E-state index contributed by atoms with van der Waals surface area (Å²) < 4.78 is 13.8. The third-order valence-corrected chi connectivity index (χ3v) is 5.20. The van der Waals surface area contributed by atoms with Gasteiger partial charge in [-0.2, -0.15) is 0 Å². The minimum atomic E-state index is -0.488. The van der Waals surface area contributed by atoms with E-state index in [2.05, 4.69) is 20.9 Å². The van der Waals surface area contributed by atoms with Crippen molar-refractivity contribution >= 4 is 33.3 Å². The highest BCUT2D eigenvalue weighted by molar-refractivity contribution is 9.10. The average molecular weight is 437 g/mol. The molecule has 0 aliphatic carbocycles. The fourth-order valence-corrected chi connectivity index (χ4v) is 3.61. The highest BCUT2D eigenvalue weighted by Crippen LogP contribution is 2.20. The second kappa shape index (κ2) is 8.43. The largest absolute Gasteiger partial charge is 0.353 e. The molecule has 0 N–H and O–H groups in total. The normalized spacial score (nSPS) is 15.5. The van der Waals surface area contributed by atoms with E-state index in [1.165, 1.54) is 18.3 Å². The molecule has 0 saturated carbocycles. The van der Waals surface area contributed by atoms with E-state index in [-0.39, 0.29) is 23.8 Å². The maximum absolute atomic E-state index is 13.8. The number of hydrogen-bond donors (Lipinski definition) is 0. The number of halogens is 2. The zero-order valence-corrected chi connectivity index (χ0v) is 16.0. The molecule has 2 aromatic rings. The Morgan fingerprint density at radius 3 is 2.52 bits per heavy atom. The first-order valence-corrected chi connectivity index (χ1v) is 9.39. The zero-order valence-electron chi connectivity index (χ0n) is 14.4. The summed E-state index contributed by atoms with van der Waals surface area (Å²) in [5, 5.41) is 10.7. The Morgan fingerprint density at radius 2 is 1.93 bits per heavy atom. The van der Waals surface area contributed by atoms with Crippen molar-refractivity contribution in [1.29, 1.82) is 0 Å². The van der Waals surface area contributed by atoms with Crippen molar-refractivity contribution in [3.8, 4) is 0 Å². The predicted octanol–water partition coefficient (Wildman–Crippen LogP) is 2.78. The second-order valence-electron chi connectivity index (χ2n) is 6.21. The Hall–Kier alpha value is -2.55. The van der Waals surface area contributed by atoms with Gasteiger partial charge in [-0.3, -0.25) is 14.9 Å². The second-order valence-corrected chi connectivity index (χ2v) is 7.31. The summed E-state index contributed by atoms with van der Waals surface area (Å²) in [7, 11) is 0. The van der Waals surface area contributed by atoms with Gasteiger partial charge >= 0.3 is 0 Å². The van der Waals surface area contributed by atoms with E-state index in [1.807, 2.05) is 4.90 Å². The molecule has 1 atom stereocenters. The van der Waals surface area contributed by atoms with E-state index >= 15 is 0 Å². The van der Waals surface area contributed by atoms with Crippen LogP contribution in [0.25, 0.3) is 0 Å². The first-order chi connectivity index (χ1) is 13.0. The molecule has 0 bridgehead atoms. The molecule has 1 saturated heterocycles. The lowest BCUT2D eigenvalue weighted by Crippen LogP contribution is -2.51. The van der Waals surface area contributed by atoms with Gasteiger partial charge in [-0.25, -0.2) is 9.37 Å². The van der Waals surface area contributed by atoms with Crippen LogP contribution in [0.2, 0.25) is 0 Å². The smallest absolute Gasteiger partial charge is 0.287 e. The highest BCUT2D eigenvalue weighted by atomic mass is 79.9. The molecule has 0 spiro atoms. The summed E-state index contributed by atoms with van der Waals surface area (Å²) in [6, 6.07) is 9.46. The van der Waals surface area contributed by atoms with Crippen LogP contribution in [-0.2, 0) is 11.2 Å². The van der Waals surface area contributed by atoms with Crippen molar-refractivity contribution in [2.45, 2.75) is 11.2 Å². The molecule has 3 rings (SSSR count). The Morgan fingerprint density at radius 1 is 1.22 bits per heavy atom. The van der Waals surface area contributed by atoms with Gasteiger partial charge in [-0.1, -0.05) is 34.1 Å². The number of rotatable bonds is 5. The Balaban J connectivity index is 1.55. The fourth-order valence-electron chi connectivity index (χ4n) is 2.97.